The highest BCUT2D eigenvalue weighted by molar-refractivity contribution is 9.17. The fourth-order valence-corrected chi connectivity index (χ4v) is 2.47. The van der Waals surface area contributed by atoms with Crippen molar-refractivity contribution in [1.82, 2.24) is 0 Å². The van der Waals surface area contributed by atoms with Gasteiger partial charge in [0.15, 0.2) is 0 Å². The Bertz CT molecular complexity index is 42.8. The van der Waals surface area contributed by atoms with Crippen molar-refractivity contribution in [3.63, 3.8) is 0 Å². The van der Waals surface area contributed by atoms with Crippen LogP contribution in [0, 0.1) is 4.83 Å². The van der Waals surface area contributed by atoms with Crippen molar-refractivity contribution in [2.24, 2.45) is 0 Å². The molecule has 0 aliphatic heterocycles. The van der Waals surface area contributed by atoms with Gasteiger partial charge in [-0.1, -0.05) is 0 Å². The van der Waals surface area contributed by atoms with Gasteiger partial charge in [-0.15, -0.1) is 0 Å². The van der Waals surface area contributed by atoms with Gasteiger partial charge in [0, 0.05) is 0 Å². The maximum absolute atomic E-state index is 3.38. The van der Waals surface area contributed by atoms with Crippen LogP contribution in [0.3, 0.4) is 0 Å². The quantitative estimate of drug-likeness (QED) is 0.471. The molecule has 1 rings (SSSR count). The van der Waals surface area contributed by atoms with E-state index in [1.54, 1.807) is 0 Å². The summed E-state index contributed by atoms with van der Waals surface area (Å²) in [6, 6.07) is 0. The van der Waals surface area contributed by atoms with Crippen molar-refractivity contribution >= 4 is 47.8 Å². The molecule has 1 fully saturated rings. The summed E-state index contributed by atoms with van der Waals surface area (Å²) in [7, 11) is 0. The van der Waals surface area contributed by atoms with E-state index in [0.29, 0.717) is 9.65 Å². The van der Waals surface area contributed by atoms with Gasteiger partial charge < -0.3 is 0 Å². The normalized spacial score (nSPS) is 43.5. The molecule has 0 heterocycles. The minimum Gasteiger partial charge on any atom is -0.0272 e. The van der Waals surface area contributed by atoms with Crippen LogP contribution < -0.4 is 0 Å². The predicted octanol–water partition coefficient (Wildman–Crippen LogP) is 2.45. The molecule has 1 aliphatic carbocycles. The van der Waals surface area contributed by atoms with Gasteiger partial charge in [-0.3, -0.25) is 0 Å². The van der Waals surface area contributed by atoms with E-state index >= 15 is 0 Å². The van der Waals surface area contributed by atoms with Crippen LogP contribution in [0.15, 0.2) is 0 Å². The second-order valence-corrected chi connectivity index (χ2v) is 4.08. The molecule has 0 amide bonds. The standard InChI is InChI=1S/C3H2Br3/c4-1-2(5)3(1)6/h1-2H/q+1. The minimum absolute atomic E-state index is 0.581. The van der Waals surface area contributed by atoms with Crippen molar-refractivity contribution in [2.75, 3.05) is 0 Å². The molecule has 0 aromatic rings. The monoisotopic (exact) mass is 275 g/mol. The van der Waals surface area contributed by atoms with Crippen LogP contribution in [0.1, 0.15) is 0 Å². The molecule has 3 heteroatoms. The molecule has 1 aliphatic rings. The fraction of sp³-hybridized carbons (Fsp3) is 0.667. The fourth-order valence-electron chi connectivity index (χ4n) is 0.176. The Morgan fingerprint density at radius 1 is 1.17 bits per heavy atom. The van der Waals surface area contributed by atoms with Gasteiger partial charge in [-0.25, -0.2) is 0 Å². The van der Waals surface area contributed by atoms with Crippen molar-refractivity contribution in [3.05, 3.63) is 4.83 Å². The van der Waals surface area contributed by atoms with E-state index < -0.39 is 0 Å². The Morgan fingerprint density at radius 2 is 1.33 bits per heavy atom. The minimum atomic E-state index is 0.581. The van der Waals surface area contributed by atoms with Crippen LogP contribution in [0.4, 0.5) is 0 Å². The van der Waals surface area contributed by atoms with Crippen molar-refractivity contribution < 1.29 is 0 Å². The molecular weight excluding hydrogens is 276 g/mol. The lowest BCUT2D eigenvalue weighted by molar-refractivity contribution is 1.59. The first-order chi connectivity index (χ1) is 2.73. The van der Waals surface area contributed by atoms with Crippen LogP contribution in [-0.2, 0) is 0 Å². The highest BCUT2D eigenvalue weighted by Crippen LogP contribution is 2.50. The molecule has 0 saturated heterocycles. The molecule has 1 saturated carbocycles. The number of hydrogen-bond acceptors (Lipinski definition) is 0. The van der Waals surface area contributed by atoms with Crippen molar-refractivity contribution in [2.45, 2.75) is 9.65 Å². The number of halogens is 3. The van der Waals surface area contributed by atoms with Gasteiger partial charge in [-0.2, -0.15) is 0 Å². The predicted molar refractivity (Wildman–Crippen MR) is 37.6 cm³/mol. The molecule has 0 radical (unpaired) electrons. The van der Waals surface area contributed by atoms with Gasteiger partial charge >= 0.3 is 0 Å². The summed E-state index contributed by atoms with van der Waals surface area (Å²) < 4.78 is 0. The highest BCUT2D eigenvalue weighted by atomic mass is 79.9. The topological polar surface area (TPSA) is 0 Å². The second-order valence-electron chi connectivity index (χ2n) is 1.19. The lowest BCUT2D eigenvalue weighted by atomic mass is 11.0. The molecule has 2 atom stereocenters. The van der Waals surface area contributed by atoms with E-state index in [2.05, 4.69) is 47.8 Å². The summed E-state index contributed by atoms with van der Waals surface area (Å²) in [5.41, 5.74) is 0. The summed E-state index contributed by atoms with van der Waals surface area (Å²) in [4.78, 5) is 2.48. The van der Waals surface area contributed by atoms with E-state index in [4.69, 9.17) is 0 Å². The molecule has 0 spiro atoms. The van der Waals surface area contributed by atoms with Crippen LogP contribution >= 0.6 is 47.8 Å². The lowest BCUT2D eigenvalue weighted by Crippen LogP contribution is -1.61. The van der Waals surface area contributed by atoms with Gasteiger partial charge in [-0.05, 0) is 31.9 Å². The molecule has 0 aromatic heterocycles. The first-order valence-corrected chi connectivity index (χ1v) is 4.16. The Morgan fingerprint density at radius 3 is 1.33 bits per heavy atom. The maximum Gasteiger partial charge on any atom is 0.221 e. The Balaban J connectivity index is 2.31. The Labute approximate surface area is 62.1 Å². The summed E-state index contributed by atoms with van der Waals surface area (Å²) in [6.45, 7) is 0. The zero-order chi connectivity index (χ0) is 4.73. The summed E-state index contributed by atoms with van der Waals surface area (Å²) in [6.07, 6.45) is 0. The molecule has 34 valence electrons. The Hall–Kier alpha value is 1.31. The van der Waals surface area contributed by atoms with E-state index in [1.165, 1.54) is 4.83 Å². The van der Waals surface area contributed by atoms with E-state index in [-0.39, 0.29) is 0 Å². The first kappa shape index (κ1) is 5.45. The van der Waals surface area contributed by atoms with E-state index in [0.717, 1.165) is 0 Å². The smallest absolute Gasteiger partial charge is 0.0272 e. The van der Waals surface area contributed by atoms with Crippen molar-refractivity contribution in [1.29, 1.82) is 0 Å². The zero-order valence-electron chi connectivity index (χ0n) is 2.79. The highest BCUT2D eigenvalue weighted by Gasteiger charge is 2.61. The summed E-state index contributed by atoms with van der Waals surface area (Å²) in [5, 5.41) is 0. The zero-order valence-corrected chi connectivity index (χ0v) is 7.55. The molecular formula is C3H2Br3+. The van der Waals surface area contributed by atoms with Crippen LogP contribution in [0.5, 0.6) is 0 Å². The Kier molecular flexibility index (Phi) is 1.52. The summed E-state index contributed by atoms with van der Waals surface area (Å²) in [5.74, 6) is 0. The average Bonchev–Trinajstić information content (AvgIpc) is 1.94. The molecule has 6 heavy (non-hydrogen) atoms. The third kappa shape index (κ3) is 0.771. The number of hydrogen-bond donors (Lipinski definition) is 0. The summed E-state index contributed by atoms with van der Waals surface area (Å²) >= 11 is 10.1. The number of rotatable bonds is 0. The molecule has 0 N–H and O–H groups in total. The van der Waals surface area contributed by atoms with Crippen LogP contribution in [-0.4, -0.2) is 9.65 Å². The van der Waals surface area contributed by atoms with Gasteiger partial charge in [0.25, 0.3) is 0 Å². The van der Waals surface area contributed by atoms with Gasteiger partial charge in [0.05, 0.1) is 0 Å². The van der Waals surface area contributed by atoms with E-state index in [9.17, 15) is 0 Å². The maximum atomic E-state index is 3.38. The van der Waals surface area contributed by atoms with Gasteiger partial charge in [0.2, 0.25) is 30.4 Å². The first-order valence-electron chi connectivity index (χ1n) is 1.54. The van der Waals surface area contributed by atoms with Crippen molar-refractivity contribution in [3.8, 4) is 0 Å². The van der Waals surface area contributed by atoms with Crippen LogP contribution in [0.2, 0.25) is 0 Å². The molecule has 0 nitrogen and oxygen atoms in total. The van der Waals surface area contributed by atoms with E-state index in [1.807, 2.05) is 0 Å². The average molecular weight is 278 g/mol. The SMILES string of the molecule is Br[C+]1C(Br)C1Br. The van der Waals surface area contributed by atoms with Crippen LogP contribution in [0.25, 0.3) is 0 Å². The second kappa shape index (κ2) is 1.67. The largest absolute Gasteiger partial charge is 0.221 e. The molecule has 0 aromatic carbocycles. The lowest BCUT2D eigenvalue weighted by Gasteiger charge is -1.47. The number of alkyl halides is 2. The molecule has 2 unspecified atom stereocenters. The molecule has 0 bridgehead atoms. The third-order valence-corrected chi connectivity index (χ3v) is 5.64. The third-order valence-electron chi connectivity index (χ3n) is 0.675. The van der Waals surface area contributed by atoms with Gasteiger partial charge in [0.1, 0.15) is 0 Å².